The Morgan fingerprint density at radius 1 is 1.21 bits per heavy atom. The van der Waals surface area contributed by atoms with Crippen LogP contribution in [0.5, 0.6) is 0 Å². The molecule has 0 saturated carbocycles. The zero-order valence-corrected chi connectivity index (χ0v) is 10.6. The number of benzene rings is 1. The quantitative estimate of drug-likeness (QED) is 0.891. The van der Waals surface area contributed by atoms with E-state index in [2.05, 4.69) is 10.3 Å². The zero-order chi connectivity index (χ0) is 13.8. The molecule has 0 aliphatic carbocycles. The molecule has 0 bridgehead atoms. The number of hydrogen-bond donors (Lipinski definition) is 2. The maximum Gasteiger partial charge on any atom is 0.168 e. The fourth-order valence-corrected chi connectivity index (χ4v) is 1.81. The summed E-state index contributed by atoms with van der Waals surface area (Å²) in [4.78, 5) is 3.64. The van der Waals surface area contributed by atoms with Gasteiger partial charge in [0.2, 0.25) is 0 Å². The fourth-order valence-electron chi connectivity index (χ4n) is 1.81. The van der Waals surface area contributed by atoms with Crippen molar-refractivity contribution in [2.45, 2.75) is 13.3 Å². The second-order valence-electron chi connectivity index (χ2n) is 4.29. The minimum absolute atomic E-state index is 0.0208. The number of nitrogens with two attached hydrogens (primary N) is 1. The van der Waals surface area contributed by atoms with Crippen LogP contribution in [0.4, 0.5) is 20.4 Å². The van der Waals surface area contributed by atoms with Gasteiger partial charge in [-0.2, -0.15) is 0 Å². The van der Waals surface area contributed by atoms with Gasteiger partial charge in [-0.3, -0.25) is 0 Å². The van der Waals surface area contributed by atoms with Crippen LogP contribution < -0.4 is 11.1 Å². The van der Waals surface area contributed by atoms with Crippen molar-refractivity contribution in [1.29, 1.82) is 0 Å². The number of aromatic nitrogens is 1. The first kappa shape index (κ1) is 13.3. The van der Waals surface area contributed by atoms with E-state index in [1.165, 1.54) is 11.1 Å². The highest BCUT2D eigenvalue weighted by molar-refractivity contribution is 5.45. The predicted molar refractivity (Wildman–Crippen MR) is 71.9 cm³/mol. The summed E-state index contributed by atoms with van der Waals surface area (Å²) in [7, 11) is 0. The molecule has 3 N–H and O–H groups in total. The Balaban J connectivity index is 2.00. The van der Waals surface area contributed by atoms with Gasteiger partial charge in [0, 0.05) is 12.6 Å². The summed E-state index contributed by atoms with van der Waals surface area (Å²) < 4.78 is 26.4. The van der Waals surface area contributed by atoms with Gasteiger partial charge in [-0.25, -0.2) is 13.8 Å². The molecule has 1 aromatic heterocycles. The number of rotatable bonds is 4. The zero-order valence-electron chi connectivity index (χ0n) is 10.6. The number of halogens is 2. The monoisotopic (exact) mass is 263 g/mol. The largest absolute Gasteiger partial charge is 0.381 e. The summed E-state index contributed by atoms with van der Waals surface area (Å²) >= 11 is 0. The van der Waals surface area contributed by atoms with Crippen molar-refractivity contribution in [3.8, 4) is 0 Å². The van der Waals surface area contributed by atoms with Crippen LogP contribution in [0, 0.1) is 18.6 Å². The lowest BCUT2D eigenvalue weighted by atomic mass is 10.1. The van der Waals surface area contributed by atoms with Gasteiger partial charge in [0.15, 0.2) is 23.3 Å². The number of nitrogen functional groups attached to an aromatic ring is 1. The second-order valence-corrected chi connectivity index (χ2v) is 4.29. The maximum atomic E-state index is 13.4. The molecule has 0 aliphatic rings. The molecule has 0 amide bonds. The lowest BCUT2D eigenvalue weighted by Crippen LogP contribution is -2.10. The molecule has 100 valence electrons. The molecule has 0 radical (unpaired) electrons. The molecule has 2 aromatic rings. The van der Waals surface area contributed by atoms with Gasteiger partial charge < -0.3 is 11.1 Å². The Hall–Kier alpha value is -2.17. The van der Waals surface area contributed by atoms with Gasteiger partial charge in [-0.15, -0.1) is 0 Å². The summed E-state index contributed by atoms with van der Waals surface area (Å²) in [5.41, 5.74) is 7.65. The molecule has 2 rings (SSSR count). The number of pyridine rings is 1. The third kappa shape index (κ3) is 3.19. The number of hydrogen-bond acceptors (Lipinski definition) is 3. The number of anilines is 2. The summed E-state index contributed by atoms with van der Waals surface area (Å²) in [6, 6.07) is 8.69. The van der Waals surface area contributed by atoms with Crippen LogP contribution >= 0.6 is 0 Å². The molecule has 1 heterocycles. The van der Waals surface area contributed by atoms with E-state index in [-0.39, 0.29) is 11.6 Å². The molecule has 1 aromatic carbocycles. The van der Waals surface area contributed by atoms with Crippen molar-refractivity contribution in [2.75, 3.05) is 17.6 Å². The Morgan fingerprint density at radius 3 is 2.68 bits per heavy atom. The summed E-state index contributed by atoms with van der Waals surface area (Å²) in [6.07, 6.45) is 0.727. The van der Waals surface area contributed by atoms with Gasteiger partial charge in [0.05, 0.1) is 0 Å². The van der Waals surface area contributed by atoms with Gasteiger partial charge in [-0.1, -0.05) is 24.3 Å². The summed E-state index contributed by atoms with van der Waals surface area (Å²) in [5, 5.41) is 2.82. The van der Waals surface area contributed by atoms with Crippen LogP contribution in [0.2, 0.25) is 0 Å². The maximum absolute atomic E-state index is 13.4. The van der Waals surface area contributed by atoms with E-state index in [1.807, 2.05) is 31.2 Å². The van der Waals surface area contributed by atoms with E-state index in [0.29, 0.717) is 6.54 Å². The fraction of sp³-hybridized carbons (Fsp3) is 0.214. The van der Waals surface area contributed by atoms with Crippen LogP contribution in [0.15, 0.2) is 30.3 Å². The molecule has 0 atom stereocenters. The molecule has 5 heteroatoms. The van der Waals surface area contributed by atoms with Gasteiger partial charge >= 0.3 is 0 Å². The van der Waals surface area contributed by atoms with E-state index in [4.69, 9.17) is 5.73 Å². The molecule has 0 aliphatic heterocycles. The topological polar surface area (TPSA) is 50.9 Å². The Bertz CT molecular complexity index is 585. The summed E-state index contributed by atoms with van der Waals surface area (Å²) in [5.74, 6) is -1.91. The van der Waals surface area contributed by atoms with Crippen LogP contribution in [-0.4, -0.2) is 11.5 Å². The first-order valence-corrected chi connectivity index (χ1v) is 5.98. The highest BCUT2D eigenvalue weighted by atomic mass is 19.1. The van der Waals surface area contributed by atoms with Crippen molar-refractivity contribution >= 4 is 11.6 Å². The van der Waals surface area contributed by atoms with Crippen molar-refractivity contribution in [3.05, 3.63) is 53.1 Å². The third-order valence-corrected chi connectivity index (χ3v) is 2.90. The van der Waals surface area contributed by atoms with E-state index >= 15 is 0 Å². The highest BCUT2D eigenvalue weighted by Gasteiger charge is 2.09. The molecule has 19 heavy (non-hydrogen) atoms. The molecule has 0 unspecified atom stereocenters. The van der Waals surface area contributed by atoms with Crippen LogP contribution in [0.1, 0.15) is 11.1 Å². The van der Waals surface area contributed by atoms with Gasteiger partial charge in [0.1, 0.15) is 0 Å². The van der Waals surface area contributed by atoms with E-state index < -0.39 is 11.6 Å². The van der Waals surface area contributed by atoms with Crippen molar-refractivity contribution in [1.82, 2.24) is 4.98 Å². The SMILES string of the molecule is Cc1ccccc1CCNc1nc(N)c(F)cc1F. The van der Waals surface area contributed by atoms with Crippen LogP contribution in [-0.2, 0) is 6.42 Å². The van der Waals surface area contributed by atoms with E-state index in [9.17, 15) is 8.78 Å². The smallest absolute Gasteiger partial charge is 0.168 e. The van der Waals surface area contributed by atoms with Crippen LogP contribution in [0.25, 0.3) is 0 Å². The first-order valence-electron chi connectivity index (χ1n) is 5.98. The lowest BCUT2D eigenvalue weighted by Gasteiger charge is -2.09. The Kier molecular flexibility index (Phi) is 3.94. The Morgan fingerprint density at radius 2 is 1.95 bits per heavy atom. The van der Waals surface area contributed by atoms with Gasteiger partial charge in [0.25, 0.3) is 0 Å². The normalized spacial score (nSPS) is 10.5. The van der Waals surface area contributed by atoms with E-state index in [0.717, 1.165) is 12.5 Å². The van der Waals surface area contributed by atoms with Crippen molar-refractivity contribution < 1.29 is 8.78 Å². The number of nitrogens with one attached hydrogen (secondary N) is 1. The summed E-state index contributed by atoms with van der Waals surface area (Å²) in [6.45, 7) is 2.52. The minimum atomic E-state index is -0.845. The first-order chi connectivity index (χ1) is 9.08. The molecular formula is C14H15F2N3. The van der Waals surface area contributed by atoms with Crippen LogP contribution in [0.3, 0.4) is 0 Å². The molecular weight excluding hydrogens is 248 g/mol. The molecule has 0 fully saturated rings. The predicted octanol–water partition coefficient (Wildman–Crippen LogP) is 2.91. The molecule has 0 spiro atoms. The third-order valence-electron chi connectivity index (χ3n) is 2.90. The average molecular weight is 263 g/mol. The Labute approximate surface area is 110 Å². The lowest BCUT2D eigenvalue weighted by molar-refractivity contribution is 0.579. The minimum Gasteiger partial charge on any atom is -0.381 e. The average Bonchev–Trinajstić information content (AvgIpc) is 2.38. The second kappa shape index (κ2) is 5.65. The van der Waals surface area contributed by atoms with Crippen molar-refractivity contribution in [3.63, 3.8) is 0 Å². The highest BCUT2D eigenvalue weighted by Crippen LogP contribution is 2.16. The van der Waals surface area contributed by atoms with E-state index in [1.54, 1.807) is 0 Å². The molecule has 0 saturated heterocycles. The standard InChI is InChI=1S/C14H15F2N3/c1-9-4-2-3-5-10(9)6-7-18-14-12(16)8-11(15)13(17)19-14/h2-5,8H,6-7H2,1H3,(H3,17,18,19). The van der Waals surface area contributed by atoms with Gasteiger partial charge in [-0.05, 0) is 24.5 Å². The number of aryl methyl sites for hydroxylation is 1. The van der Waals surface area contributed by atoms with Crippen molar-refractivity contribution in [2.24, 2.45) is 0 Å². The number of nitrogens with zero attached hydrogens (tertiary/aromatic N) is 1. The molecule has 3 nitrogen and oxygen atoms in total.